The molecule has 0 aliphatic carbocycles. The topological polar surface area (TPSA) is 80.5 Å². The quantitative estimate of drug-likeness (QED) is 0.753. The largest absolute Gasteiger partial charge is 0.450 e. The number of halogens is 2. The number of benzene rings is 1. The summed E-state index contributed by atoms with van der Waals surface area (Å²) in [6, 6.07) is 5.24. The lowest BCUT2D eigenvalue weighted by Crippen LogP contribution is -2.32. The summed E-state index contributed by atoms with van der Waals surface area (Å²) in [6.45, 7) is 0.226. The van der Waals surface area contributed by atoms with Crippen LogP contribution in [0.2, 0.25) is 5.02 Å². The Kier molecular flexibility index (Phi) is 3.84. The van der Waals surface area contributed by atoms with Gasteiger partial charge in [0.1, 0.15) is 17.4 Å². The van der Waals surface area contributed by atoms with Gasteiger partial charge in [-0.2, -0.15) is 0 Å². The number of rotatable bonds is 2. The molecule has 1 aliphatic heterocycles. The smallest absolute Gasteiger partial charge is 0.407 e. The molecule has 7 nitrogen and oxygen atoms in total. The molecular weight excluding hydrogens is 351 g/mol. The Labute approximate surface area is 146 Å². The van der Waals surface area contributed by atoms with Crippen molar-refractivity contribution in [2.75, 3.05) is 25.0 Å². The van der Waals surface area contributed by atoms with E-state index in [-0.39, 0.29) is 13.1 Å². The van der Waals surface area contributed by atoms with Crippen molar-refractivity contribution in [3.8, 4) is 0 Å². The van der Waals surface area contributed by atoms with Gasteiger partial charge in [-0.05, 0) is 18.2 Å². The van der Waals surface area contributed by atoms with E-state index in [4.69, 9.17) is 20.8 Å². The Hall–Kier alpha value is -2.61. The fourth-order valence-electron chi connectivity index (χ4n) is 2.98. The van der Waals surface area contributed by atoms with Crippen molar-refractivity contribution in [1.82, 2.24) is 15.3 Å². The number of nitrogens with zero attached hydrogens (tertiary/aromatic N) is 3. The number of anilines is 1. The average molecular weight is 365 g/mol. The number of carbonyl (C=O) groups excluding carboxylic acids is 1. The monoisotopic (exact) mass is 364 g/mol. The second kappa shape index (κ2) is 6.03. The van der Waals surface area contributed by atoms with E-state index in [1.165, 1.54) is 13.4 Å². The maximum Gasteiger partial charge on any atom is 0.407 e. The number of ether oxygens (including phenoxy) is 1. The van der Waals surface area contributed by atoms with Crippen LogP contribution in [0.3, 0.4) is 0 Å². The number of aromatic nitrogens is 2. The molecule has 1 fully saturated rings. The highest BCUT2D eigenvalue weighted by Gasteiger charge is 2.37. The number of hydrogen-bond acceptors (Lipinski definition) is 6. The highest BCUT2D eigenvalue weighted by atomic mass is 35.5. The van der Waals surface area contributed by atoms with E-state index >= 15 is 0 Å². The molecular formula is C16H14ClFN4O3. The van der Waals surface area contributed by atoms with E-state index in [0.717, 1.165) is 5.39 Å². The first-order valence-corrected chi connectivity index (χ1v) is 8.04. The standard InChI is InChI=1S/C16H14ClFN4O3/c1-19-16(23)25-12-6-22(5-10(12)18)15-14-13(20-7-21-15)9-4-8(17)2-3-11(9)24-14/h2-4,7,10,12H,5-6H2,1H3,(H,19,23). The molecule has 9 heteroatoms. The van der Waals surface area contributed by atoms with E-state index in [9.17, 15) is 9.18 Å². The van der Waals surface area contributed by atoms with Crippen LogP contribution in [0, 0.1) is 0 Å². The maximum atomic E-state index is 14.2. The Morgan fingerprint density at radius 2 is 2.28 bits per heavy atom. The molecule has 1 aliphatic rings. The van der Waals surface area contributed by atoms with Crippen molar-refractivity contribution >= 4 is 45.6 Å². The number of nitrogens with one attached hydrogen (secondary N) is 1. The third-order valence-corrected chi connectivity index (χ3v) is 4.39. The molecule has 25 heavy (non-hydrogen) atoms. The predicted octanol–water partition coefficient (Wildman–Crippen LogP) is 2.91. The van der Waals surface area contributed by atoms with Crippen LogP contribution in [-0.2, 0) is 4.74 Å². The van der Waals surface area contributed by atoms with E-state index < -0.39 is 18.4 Å². The zero-order valence-electron chi connectivity index (χ0n) is 13.2. The van der Waals surface area contributed by atoms with Gasteiger partial charge >= 0.3 is 6.09 Å². The lowest BCUT2D eigenvalue weighted by molar-refractivity contribution is 0.0718. The third kappa shape index (κ3) is 2.72. The summed E-state index contributed by atoms with van der Waals surface area (Å²) < 4.78 is 25.1. The number of amides is 1. The first kappa shape index (κ1) is 15.9. The molecule has 130 valence electrons. The summed E-state index contributed by atoms with van der Waals surface area (Å²) in [6.07, 6.45) is -1.46. The minimum Gasteiger partial charge on any atom is -0.450 e. The summed E-state index contributed by atoms with van der Waals surface area (Å²) in [7, 11) is 1.43. The minimum absolute atomic E-state index is 0.0472. The highest BCUT2D eigenvalue weighted by Crippen LogP contribution is 2.35. The molecule has 2 atom stereocenters. The van der Waals surface area contributed by atoms with Gasteiger partial charge in [0.05, 0.1) is 13.1 Å². The normalized spacial score (nSPS) is 20.4. The van der Waals surface area contributed by atoms with Crippen molar-refractivity contribution < 1.29 is 18.3 Å². The van der Waals surface area contributed by atoms with Crippen molar-refractivity contribution in [3.05, 3.63) is 29.5 Å². The van der Waals surface area contributed by atoms with Gasteiger partial charge in [-0.25, -0.2) is 19.2 Å². The molecule has 1 aromatic carbocycles. The van der Waals surface area contributed by atoms with Crippen LogP contribution >= 0.6 is 11.6 Å². The molecule has 2 aromatic heterocycles. The summed E-state index contributed by atoms with van der Waals surface area (Å²) in [5.41, 5.74) is 1.68. The average Bonchev–Trinajstić information content (AvgIpc) is 3.15. The summed E-state index contributed by atoms with van der Waals surface area (Å²) >= 11 is 6.04. The maximum absolute atomic E-state index is 14.2. The number of hydrogen-bond donors (Lipinski definition) is 1. The minimum atomic E-state index is -1.32. The van der Waals surface area contributed by atoms with Crippen LogP contribution in [0.15, 0.2) is 28.9 Å². The molecule has 3 aromatic rings. The highest BCUT2D eigenvalue weighted by molar-refractivity contribution is 6.31. The van der Waals surface area contributed by atoms with Crippen LogP contribution in [0.4, 0.5) is 15.0 Å². The lowest BCUT2D eigenvalue weighted by atomic mass is 10.2. The molecule has 0 spiro atoms. The molecule has 0 saturated carbocycles. The van der Waals surface area contributed by atoms with Crippen molar-refractivity contribution in [3.63, 3.8) is 0 Å². The van der Waals surface area contributed by atoms with Crippen LogP contribution in [-0.4, -0.2) is 48.5 Å². The third-order valence-electron chi connectivity index (χ3n) is 4.15. The van der Waals surface area contributed by atoms with E-state index in [2.05, 4.69) is 15.3 Å². The Morgan fingerprint density at radius 1 is 1.44 bits per heavy atom. The Bertz CT molecular complexity index is 963. The van der Waals surface area contributed by atoms with Gasteiger partial charge in [-0.3, -0.25) is 0 Å². The SMILES string of the molecule is CNC(=O)OC1CN(c2ncnc3c2oc2ccc(Cl)cc23)CC1F. The second-order valence-corrected chi connectivity index (χ2v) is 6.17. The summed E-state index contributed by atoms with van der Waals surface area (Å²) in [5, 5.41) is 3.65. The van der Waals surface area contributed by atoms with Gasteiger partial charge in [0.25, 0.3) is 0 Å². The van der Waals surface area contributed by atoms with E-state index in [1.54, 1.807) is 23.1 Å². The van der Waals surface area contributed by atoms with Gasteiger partial charge in [0, 0.05) is 17.5 Å². The molecule has 1 amide bonds. The number of fused-ring (bicyclic) bond motifs is 3. The van der Waals surface area contributed by atoms with Gasteiger partial charge in [-0.1, -0.05) is 11.6 Å². The zero-order valence-corrected chi connectivity index (χ0v) is 14.0. The van der Waals surface area contributed by atoms with Gasteiger partial charge in [0.15, 0.2) is 23.7 Å². The van der Waals surface area contributed by atoms with Crippen LogP contribution in [0.25, 0.3) is 22.1 Å². The molecule has 1 saturated heterocycles. The fraction of sp³-hybridized carbons (Fsp3) is 0.312. The van der Waals surface area contributed by atoms with Crippen LogP contribution in [0.5, 0.6) is 0 Å². The Morgan fingerprint density at radius 3 is 3.08 bits per heavy atom. The summed E-state index contributed by atoms with van der Waals surface area (Å²) in [5.74, 6) is 0.461. The molecule has 4 rings (SSSR count). The molecule has 0 bridgehead atoms. The number of alkyl halides is 1. The first-order chi connectivity index (χ1) is 12.1. The van der Waals surface area contributed by atoms with E-state index in [1.807, 2.05) is 0 Å². The van der Waals surface area contributed by atoms with Gasteiger partial charge < -0.3 is 19.4 Å². The second-order valence-electron chi connectivity index (χ2n) is 5.73. The fourth-order valence-corrected chi connectivity index (χ4v) is 3.15. The zero-order chi connectivity index (χ0) is 17.6. The molecule has 1 N–H and O–H groups in total. The van der Waals surface area contributed by atoms with Crippen molar-refractivity contribution in [1.29, 1.82) is 0 Å². The summed E-state index contributed by atoms with van der Waals surface area (Å²) in [4.78, 5) is 21.5. The lowest BCUT2D eigenvalue weighted by Gasteiger charge is -2.16. The van der Waals surface area contributed by atoms with Gasteiger partial charge in [0.2, 0.25) is 0 Å². The van der Waals surface area contributed by atoms with E-state index in [0.29, 0.717) is 27.5 Å². The Balaban J connectivity index is 1.72. The number of furan rings is 1. The van der Waals surface area contributed by atoms with Crippen LogP contribution in [0.1, 0.15) is 0 Å². The van der Waals surface area contributed by atoms with Crippen LogP contribution < -0.4 is 10.2 Å². The first-order valence-electron chi connectivity index (χ1n) is 7.67. The predicted molar refractivity (Wildman–Crippen MR) is 90.8 cm³/mol. The van der Waals surface area contributed by atoms with Crippen molar-refractivity contribution in [2.45, 2.75) is 12.3 Å². The molecule has 2 unspecified atom stereocenters. The molecule has 0 radical (unpaired) electrons. The number of carbonyl (C=O) groups is 1. The van der Waals surface area contributed by atoms with Gasteiger partial charge in [-0.15, -0.1) is 0 Å². The number of alkyl carbamates (subject to hydrolysis) is 1. The van der Waals surface area contributed by atoms with Crippen molar-refractivity contribution in [2.24, 2.45) is 0 Å². The molecule has 3 heterocycles.